The van der Waals surface area contributed by atoms with Gasteiger partial charge >= 0.3 is 0 Å². The van der Waals surface area contributed by atoms with Crippen molar-refractivity contribution in [3.8, 4) is 0 Å². The van der Waals surface area contributed by atoms with Crippen LogP contribution in [0.2, 0.25) is 0 Å². The van der Waals surface area contributed by atoms with Gasteiger partial charge in [-0.05, 0) is 19.8 Å². The Morgan fingerprint density at radius 1 is 1.46 bits per heavy atom. The third-order valence-corrected chi connectivity index (χ3v) is 2.91. The summed E-state index contributed by atoms with van der Waals surface area (Å²) in [5.41, 5.74) is 0. The molecule has 1 aromatic rings. The fraction of sp³-hybridized carbons (Fsp3) is 0.700. The third-order valence-electron chi connectivity index (χ3n) is 2.91. The molecule has 2 rings (SSSR count). The number of aliphatic hydroxyl groups is 1. The first-order chi connectivity index (χ1) is 6.29. The zero-order valence-electron chi connectivity index (χ0n) is 7.98. The van der Waals surface area contributed by atoms with Crippen LogP contribution in [0.25, 0.3) is 0 Å². The SMILES string of the molecule is Cc1nccn1[C@@H]1CCCC[C@@H]1O. The summed E-state index contributed by atoms with van der Waals surface area (Å²) in [6.07, 6.45) is 7.98. The van der Waals surface area contributed by atoms with Gasteiger partial charge in [-0.25, -0.2) is 4.98 Å². The van der Waals surface area contributed by atoms with E-state index in [9.17, 15) is 5.11 Å². The van der Waals surface area contributed by atoms with E-state index >= 15 is 0 Å². The lowest BCUT2D eigenvalue weighted by molar-refractivity contribution is 0.0744. The van der Waals surface area contributed by atoms with E-state index in [1.54, 1.807) is 6.20 Å². The maximum absolute atomic E-state index is 9.82. The van der Waals surface area contributed by atoms with Gasteiger partial charge in [-0.3, -0.25) is 0 Å². The molecule has 0 bridgehead atoms. The zero-order chi connectivity index (χ0) is 9.26. The highest BCUT2D eigenvalue weighted by Gasteiger charge is 2.24. The minimum Gasteiger partial charge on any atom is -0.391 e. The molecule has 0 unspecified atom stereocenters. The van der Waals surface area contributed by atoms with E-state index in [2.05, 4.69) is 9.55 Å². The number of hydrogen-bond donors (Lipinski definition) is 1. The van der Waals surface area contributed by atoms with Crippen molar-refractivity contribution < 1.29 is 5.11 Å². The Morgan fingerprint density at radius 3 is 2.85 bits per heavy atom. The van der Waals surface area contributed by atoms with Gasteiger partial charge < -0.3 is 9.67 Å². The van der Waals surface area contributed by atoms with Crippen LogP contribution in [0.3, 0.4) is 0 Å². The summed E-state index contributed by atoms with van der Waals surface area (Å²) in [4.78, 5) is 4.18. The normalized spacial score (nSPS) is 29.1. The van der Waals surface area contributed by atoms with Gasteiger partial charge in [-0.15, -0.1) is 0 Å². The maximum atomic E-state index is 9.82. The van der Waals surface area contributed by atoms with Gasteiger partial charge in [0.25, 0.3) is 0 Å². The molecule has 1 fully saturated rings. The summed E-state index contributed by atoms with van der Waals surface area (Å²) in [5.74, 6) is 1.01. The third kappa shape index (κ3) is 1.61. The predicted molar refractivity (Wildman–Crippen MR) is 50.5 cm³/mol. The lowest BCUT2D eigenvalue weighted by Gasteiger charge is -2.29. The summed E-state index contributed by atoms with van der Waals surface area (Å²) in [7, 11) is 0. The molecule has 72 valence electrons. The summed E-state index contributed by atoms with van der Waals surface area (Å²) in [5, 5.41) is 9.82. The quantitative estimate of drug-likeness (QED) is 0.713. The number of aromatic nitrogens is 2. The molecule has 1 saturated carbocycles. The zero-order valence-corrected chi connectivity index (χ0v) is 7.98. The number of rotatable bonds is 1. The first-order valence-corrected chi connectivity index (χ1v) is 4.96. The highest BCUT2D eigenvalue weighted by molar-refractivity contribution is 4.95. The number of aliphatic hydroxyl groups excluding tert-OH is 1. The van der Waals surface area contributed by atoms with Crippen molar-refractivity contribution in [1.82, 2.24) is 9.55 Å². The van der Waals surface area contributed by atoms with E-state index in [-0.39, 0.29) is 12.1 Å². The molecule has 1 heterocycles. The van der Waals surface area contributed by atoms with Crippen molar-refractivity contribution in [2.45, 2.75) is 44.8 Å². The van der Waals surface area contributed by atoms with Gasteiger partial charge in [0, 0.05) is 12.4 Å². The summed E-state index contributed by atoms with van der Waals surface area (Å²) in [6, 6.07) is 0.260. The smallest absolute Gasteiger partial charge is 0.105 e. The van der Waals surface area contributed by atoms with Crippen LogP contribution in [0, 0.1) is 6.92 Å². The molecule has 0 aliphatic heterocycles. The fourth-order valence-electron chi connectivity index (χ4n) is 2.15. The molecule has 1 N–H and O–H groups in total. The molecule has 2 atom stereocenters. The van der Waals surface area contributed by atoms with E-state index in [1.807, 2.05) is 13.1 Å². The molecule has 0 saturated heterocycles. The molecular formula is C10H16N2O. The molecule has 3 nitrogen and oxygen atoms in total. The molecular weight excluding hydrogens is 164 g/mol. The van der Waals surface area contributed by atoms with Crippen LogP contribution in [-0.4, -0.2) is 20.8 Å². The second kappa shape index (κ2) is 3.50. The first-order valence-electron chi connectivity index (χ1n) is 4.96. The summed E-state index contributed by atoms with van der Waals surface area (Å²) >= 11 is 0. The molecule has 1 aromatic heterocycles. The molecule has 1 aliphatic rings. The van der Waals surface area contributed by atoms with E-state index < -0.39 is 0 Å². The highest BCUT2D eigenvalue weighted by Crippen LogP contribution is 2.29. The van der Waals surface area contributed by atoms with Gasteiger partial charge in [-0.1, -0.05) is 12.8 Å². The number of imidazole rings is 1. The second-order valence-electron chi connectivity index (χ2n) is 3.80. The lowest BCUT2D eigenvalue weighted by atomic mass is 9.92. The Bertz CT molecular complexity index is 282. The lowest BCUT2D eigenvalue weighted by Crippen LogP contribution is -2.27. The Labute approximate surface area is 78.4 Å². The number of nitrogens with zero attached hydrogens (tertiary/aromatic N) is 2. The molecule has 0 amide bonds. The molecule has 0 aromatic carbocycles. The van der Waals surface area contributed by atoms with Crippen molar-refractivity contribution >= 4 is 0 Å². The van der Waals surface area contributed by atoms with E-state index in [4.69, 9.17) is 0 Å². The Morgan fingerprint density at radius 2 is 2.23 bits per heavy atom. The van der Waals surface area contributed by atoms with Crippen molar-refractivity contribution in [3.63, 3.8) is 0 Å². The van der Waals surface area contributed by atoms with Crippen LogP contribution in [-0.2, 0) is 0 Å². The second-order valence-corrected chi connectivity index (χ2v) is 3.80. The average Bonchev–Trinajstić information content (AvgIpc) is 2.52. The van der Waals surface area contributed by atoms with Crippen molar-refractivity contribution in [3.05, 3.63) is 18.2 Å². The average molecular weight is 180 g/mol. The van der Waals surface area contributed by atoms with Crippen molar-refractivity contribution in [2.75, 3.05) is 0 Å². The van der Waals surface area contributed by atoms with Gasteiger partial charge in [-0.2, -0.15) is 0 Å². The maximum Gasteiger partial charge on any atom is 0.105 e. The van der Waals surface area contributed by atoms with Crippen molar-refractivity contribution in [2.24, 2.45) is 0 Å². The van der Waals surface area contributed by atoms with E-state index in [1.165, 1.54) is 6.42 Å². The minimum atomic E-state index is -0.179. The van der Waals surface area contributed by atoms with Gasteiger partial charge in [0.15, 0.2) is 0 Å². The Hall–Kier alpha value is -0.830. The topological polar surface area (TPSA) is 38.0 Å². The first kappa shape index (κ1) is 8.75. The van der Waals surface area contributed by atoms with Crippen LogP contribution >= 0.6 is 0 Å². The predicted octanol–water partition coefficient (Wildman–Crippen LogP) is 1.67. The van der Waals surface area contributed by atoms with E-state index in [0.717, 1.165) is 25.1 Å². The van der Waals surface area contributed by atoms with E-state index in [0.29, 0.717) is 0 Å². The number of hydrogen-bond acceptors (Lipinski definition) is 2. The van der Waals surface area contributed by atoms with Gasteiger partial charge in [0.2, 0.25) is 0 Å². The van der Waals surface area contributed by atoms with Crippen LogP contribution in [0.1, 0.15) is 37.5 Å². The Balaban J connectivity index is 2.19. The fourth-order valence-corrected chi connectivity index (χ4v) is 2.15. The van der Waals surface area contributed by atoms with Crippen LogP contribution in [0.5, 0.6) is 0 Å². The highest BCUT2D eigenvalue weighted by atomic mass is 16.3. The summed E-state index contributed by atoms with van der Waals surface area (Å²) < 4.78 is 2.10. The monoisotopic (exact) mass is 180 g/mol. The van der Waals surface area contributed by atoms with Gasteiger partial charge in [0.05, 0.1) is 12.1 Å². The summed E-state index contributed by atoms with van der Waals surface area (Å²) in [6.45, 7) is 1.99. The van der Waals surface area contributed by atoms with Gasteiger partial charge in [0.1, 0.15) is 5.82 Å². The molecule has 1 aliphatic carbocycles. The van der Waals surface area contributed by atoms with Crippen LogP contribution in [0.15, 0.2) is 12.4 Å². The standard InChI is InChI=1S/C10H16N2O/c1-8-11-6-7-12(8)9-4-2-3-5-10(9)13/h6-7,9-10,13H,2-5H2,1H3/t9-,10+/m1/s1. The molecule has 3 heteroatoms. The van der Waals surface area contributed by atoms with Crippen molar-refractivity contribution in [1.29, 1.82) is 0 Å². The minimum absolute atomic E-state index is 0.179. The number of aryl methyl sites for hydroxylation is 1. The molecule has 0 spiro atoms. The van der Waals surface area contributed by atoms with Crippen LogP contribution in [0.4, 0.5) is 0 Å². The largest absolute Gasteiger partial charge is 0.391 e. The Kier molecular flexibility index (Phi) is 2.36. The van der Waals surface area contributed by atoms with Crippen LogP contribution < -0.4 is 0 Å². The molecule has 0 radical (unpaired) electrons. The molecule has 13 heavy (non-hydrogen) atoms.